The van der Waals surface area contributed by atoms with Crippen LogP contribution >= 0.6 is 0 Å². The minimum atomic E-state index is -4.60. The number of carboxylic acids is 1. The number of carbonyl (C=O) groups excluding carboxylic acids is 1. The summed E-state index contributed by atoms with van der Waals surface area (Å²) in [5, 5.41) is 8.80. The molecule has 1 amide bonds. The molecule has 5 nitrogen and oxygen atoms in total. The van der Waals surface area contributed by atoms with E-state index in [1.807, 2.05) is 0 Å². The maximum absolute atomic E-state index is 12.6. The number of hydrogen-bond acceptors (Lipinski definition) is 3. The predicted molar refractivity (Wildman–Crippen MR) is 66.2 cm³/mol. The van der Waals surface area contributed by atoms with Crippen LogP contribution in [0.15, 0.2) is 34.0 Å². The van der Waals surface area contributed by atoms with Gasteiger partial charge in [0, 0.05) is 11.1 Å². The molecule has 1 aromatic rings. The summed E-state index contributed by atoms with van der Waals surface area (Å²) < 4.78 is 42.6. The summed E-state index contributed by atoms with van der Waals surface area (Å²) in [5.41, 5.74) is -0.551. The van der Waals surface area contributed by atoms with Gasteiger partial charge in [0.1, 0.15) is 12.3 Å². The van der Waals surface area contributed by atoms with Gasteiger partial charge in [-0.2, -0.15) is 13.2 Å². The standard InChI is InChI=1S/C13H14F3NO4/c1-8(9(2)12(19)20)11(18)17(7-13(14,15)16)6-10-4-3-5-21-10/h3-5H,6-7H2,1-2H3,(H,19,20). The quantitative estimate of drug-likeness (QED) is 0.849. The van der Waals surface area contributed by atoms with E-state index in [2.05, 4.69) is 0 Å². The van der Waals surface area contributed by atoms with Crippen molar-refractivity contribution >= 4 is 11.9 Å². The van der Waals surface area contributed by atoms with E-state index in [1.165, 1.54) is 25.3 Å². The van der Waals surface area contributed by atoms with Crippen molar-refractivity contribution in [1.82, 2.24) is 4.90 Å². The molecule has 0 saturated carbocycles. The Hall–Kier alpha value is -2.25. The van der Waals surface area contributed by atoms with Gasteiger partial charge in [0.25, 0.3) is 5.91 Å². The Balaban J connectivity index is 3.03. The number of nitrogens with zero attached hydrogens (tertiary/aromatic N) is 1. The number of halogens is 3. The first kappa shape index (κ1) is 16.8. The molecule has 0 aliphatic heterocycles. The molecule has 116 valence electrons. The van der Waals surface area contributed by atoms with Crippen LogP contribution in [0.4, 0.5) is 13.2 Å². The fraction of sp³-hybridized carbons (Fsp3) is 0.385. The summed E-state index contributed by atoms with van der Waals surface area (Å²) in [6.07, 6.45) is -3.32. The van der Waals surface area contributed by atoms with Gasteiger partial charge in [-0.1, -0.05) is 0 Å². The molecule has 0 radical (unpaired) electrons. The molecule has 0 saturated heterocycles. The lowest BCUT2D eigenvalue weighted by Crippen LogP contribution is -2.39. The van der Waals surface area contributed by atoms with Gasteiger partial charge in [0.05, 0.1) is 12.8 Å². The molecular formula is C13H14F3NO4. The van der Waals surface area contributed by atoms with Crippen LogP contribution in [-0.4, -0.2) is 34.6 Å². The molecule has 0 atom stereocenters. The second kappa shape index (κ2) is 6.47. The highest BCUT2D eigenvalue weighted by molar-refractivity contribution is 6.01. The Morgan fingerprint density at radius 3 is 2.33 bits per heavy atom. The number of rotatable bonds is 5. The van der Waals surface area contributed by atoms with Crippen molar-refractivity contribution in [3.8, 4) is 0 Å². The van der Waals surface area contributed by atoms with Gasteiger partial charge in [0.2, 0.25) is 0 Å². The lowest BCUT2D eigenvalue weighted by molar-refractivity contribution is -0.160. The first-order valence-corrected chi connectivity index (χ1v) is 5.91. The number of carbonyl (C=O) groups is 2. The number of alkyl halides is 3. The first-order chi connectivity index (χ1) is 9.61. The number of amides is 1. The van der Waals surface area contributed by atoms with E-state index in [9.17, 15) is 22.8 Å². The van der Waals surface area contributed by atoms with Gasteiger partial charge in [-0.15, -0.1) is 0 Å². The van der Waals surface area contributed by atoms with E-state index in [4.69, 9.17) is 9.52 Å². The lowest BCUT2D eigenvalue weighted by atomic mass is 10.1. The number of hydrogen-bond donors (Lipinski definition) is 1. The zero-order valence-electron chi connectivity index (χ0n) is 11.4. The second-order valence-corrected chi connectivity index (χ2v) is 4.41. The molecule has 1 heterocycles. The van der Waals surface area contributed by atoms with E-state index in [1.54, 1.807) is 0 Å². The van der Waals surface area contributed by atoms with Crippen molar-refractivity contribution in [3.63, 3.8) is 0 Å². The Bertz CT molecular complexity index is 546. The fourth-order valence-electron chi connectivity index (χ4n) is 1.56. The molecular weight excluding hydrogens is 291 g/mol. The van der Waals surface area contributed by atoms with E-state index in [0.717, 1.165) is 6.92 Å². The Labute approximate surface area is 118 Å². The van der Waals surface area contributed by atoms with Crippen LogP contribution in [0.1, 0.15) is 19.6 Å². The smallest absolute Gasteiger partial charge is 0.406 e. The average Bonchev–Trinajstić information content (AvgIpc) is 2.86. The minimum absolute atomic E-state index is 0.174. The normalized spacial score (nSPS) is 12.8. The summed E-state index contributed by atoms with van der Waals surface area (Å²) in [7, 11) is 0. The molecule has 0 bridgehead atoms. The van der Waals surface area contributed by atoms with E-state index < -0.39 is 31.1 Å². The summed E-state index contributed by atoms with van der Waals surface area (Å²) >= 11 is 0. The van der Waals surface area contributed by atoms with Gasteiger partial charge in [0.15, 0.2) is 0 Å². The molecule has 0 unspecified atom stereocenters. The van der Waals surface area contributed by atoms with Crippen molar-refractivity contribution in [3.05, 3.63) is 35.3 Å². The maximum Gasteiger partial charge on any atom is 0.406 e. The summed E-state index contributed by atoms with van der Waals surface area (Å²) in [6, 6.07) is 2.91. The average molecular weight is 305 g/mol. The Morgan fingerprint density at radius 2 is 1.90 bits per heavy atom. The maximum atomic E-state index is 12.6. The van der Waals surface area contributed by atoms with Crippen molar-refractivity contribution < 1.29 is 32.3 Å². The summed E-state index contributed by atoms with van der Waals surface area (Å²) in [4.78, 5) is 23.4. The molecule has 1 aromatic heterocycles. The third-order valence-electron chi connectivity index (χ3n) is 2.79. The second-order valence-electron chi connectivity index (χ2n) is 4.41. The highest BCUT2D eigenvalue weighted by atomic mass is 19.4. The molecule has 1 rings (SSSR count). The van der Waals surface area contributed by atoms with Crippen molar-refractivity contribution in [1.29, 1.82) is 0 Å². The van der Waals surface area contributed by atoms with Crippen LogP contribution in [0.2, 0.25) is 0 Å². The SMILES string of the molecule is CC(C(=O)O)=C(C)C(=O)N(Cc1ccco1)CC(F)(F)F. The first-order valence-electron chi connectivity index (χ1n) is 5.91. The molecule has 0 fully saturated rings. The molecule has 0 aromatic carbocycles. The van der Waals surface area contributed by atoms with Crippen molar-refractivity contribution in [2.24, 2.45) is 0 Å². The Kier molecular flexibility index (Phi) is 5.17. The monoisotopic (exact) mass is 305 g/mol. The van der Waals surface area contributed by atoms with Gasteiger partial charge >= 0.3 is 12.1 Å². The van der Waals surface area contributed by atoms with E-state index >= 15 is 0 Å². The van der Waals surface area contributed by atoms with Gasteiger partial charge in [-0.05, 0) is 26.0 Å². The molecule has 0 aliphatic carbocycles. The fourth-order valence-corrected chi connectivity index (χ4v) is 1.56. The van der Waals surface area contributed by atoms with Crippen LogP contribution in [0.3, 0.4) is 0 Å². The predicted octanol–water partition coefficient (Wildman–Crippen LogP) is 2.59. The topological polar surface area (TPSA) is 70.8 Å². The van der Waals surface area contributed by atoms with Crippen LogP contribution in [0.5, 0.6) is 0 Å². The lowest BCUT2D eigenvalue weighted by Gasteiger charge is -2.23. The minimum Gasteiger partial charge on any atom is -0.478 e. The Morgan fingerprint density at radius 1 is 1.29 bits per heavy atom. The van der Waals surface area contributed by atoms with Gasteiger partial charge in [-0.25, -0.2) is 4.79 Å². The van der Waals surface area contributed by atoms with Crippen LogP contribution < -0.4 is 0 Å². The van der Waals surface area contributed by atoms with Crippen molar-refractivity contribution in [2.45, 2.75) is 26.6 Å². The summed E-state index contributed by atoms with van der Waals surface area (Å²) in [6.45, 7) is 0.456. The number of carboxylic acid groups (broad SMARTS) is 1. The molecule has 8 heteroatoms. The van der Waals surface area contributed by atoms with Gasteiger partial charge in [-0.3, -0.25) is 4.79 Å². The third kappa shape index (κ3) is 4.97. The zero-order chi connectivity index (χ0) is 16.2. The van der Waals surface area contributed by atoms with E-state index in [-0.39, 0.29) is 16.9 Å². The number of furan rings is 1. The molecule has 21 heavy (non-hydrogen) atoms. The zero-order valence-corrected chi connectivity index (χ0v) is 11.4. The highest BCUT2D eigenvalue weighted by Crippen LogP contribution is 2.20. The third-order valence-corrected chi connectivity index (χ3v) is 2.79. The van der Waals surface area contributed by atoms with E-state index in [0.29, 0.717) is 4.90 Å². The van der Waals surface area contributed by atoms with Crippen molar-refractivity contribution in [2.75, 3.05) is 6.54 Å². The number of aliphatic carboxylic acids is 1. The van der Waals surface area contributed by atoms with Gasteiger partial charge < -0.3 is 14.4 Å². The highest BCUT2D eigenvalue weighted by Gasteiger charge is 2.34. The van der Waals surface area contributed by atoms with Crippen LogP contribution in [-0.2, 0) is 16.1 Å². The summed E-state index contributed by atoms with van der Waals surface area (Å²) in [5.74, 6) is -2.18. The molecule has 0 aliphatic rings. The molecule has 1 N–H and O–H groups in total. The largest absolute Gasteiger partial charge is 0.478 e. The molecule has 0 spiro atoms. The van der Waals surface area contributed by atoms with Crippen LogP contribution in [0.25, 0.3) is 0 Å². The van der Waals surface area contributed by atoms with Crippen LogP contribution in [0, 0.1) is 0 Å².